The van der Waals surface area contributed by atoms with E-state index < -0.39 is 10.0 Å². The maximum absolute atomic E-state index is 11.0. The third-order valence-corrected chi connectivity index (χ3v) is 3.13. The van der Waals surface area contributed by atoms with Gasteiger partial charge in [-0.1, -0.05) is 0 Å². The predicted molar refractivity (Wildman–Crippen MR) is 63.8 cm³/mol. The number of nitrogens with one attached hydrogen (secondary N) is 1. The van der Waals surface area contributed by atoms with Crippen LogP contribution in [0.4, 0.5) is 5.82 Å². The molecule has 16 heavy (non-hydrogen) atoms. The number of aromatic nitrogens is 2. The van der Waals surface area contributed by atoms with E-state index in [0.717, 1.165) is 16.8 Å². The maximum Gasteiger partial charge on any atom is 0.230 e. The molecule has 0 unspecified atom stereocenters. The molecule has 0 saturated heterocycles. The molecule has 0 fully saturated rings. The van der Waals surface area contributed by atoms with Gasteiger partial charge in [0.05, 0.1) is 6.26 Å². The van der Waals surface area contributed by atoms with Crippen molar-refractivity contribution in [1.29, 1.82) is 0 Å². The van der Waals surface area contributed by atoms with Crippen molar-refractivity contribution in [3.63, 3.8) is 0 Å². The fraction of sp³-hybridized carbons (Fsp3) is 0.111. The van der Waals surface area contributed by atoms with Crippen LogP contribution in [0.25, 0.3) is 10.6 Å². The second-order valence-electron chi connectivity index (χ2n) is 3.14. The molecule has 1 N–H and O–H groups in total. The molecular formula is C9H9N3O2S2. The standard InChI is InChI=1S/C9H9N3O2S2/c1-16(13,14)12-8-6-7(2-3-10-8)9-11-4-5-15-9/h2-6H,1H3,(H,10,12). The van der Waals surface area contributed by atoms with Gasteiger partial charge in [0.15, 0.2) is 0 Å². The van der Waals surface area contributed by atoms with Crippen molar-refractivity contribution in [1.82, 2.24) is 9.97 Å². The molecule has 0 aromatic carbocycles. The van der Waals surface area contributed by atoms with E-state index in [-0.39, 0.29) is 0 Å². The normalized spacial score (nSPS) is 11.3. The van der Waals surface area contributed by atoms with E-state index in [1.807, 2.05) is 5.38 Å². The maximum atomic E-state index is 11.0. The first-order valence-corrected chi connectivity index (χ1v) is 7.15. The van der Waals surface area contributed by atoms with Crippen molar-refractivity contribution in [3.8, 4) is 10.6 Å². The molecule has 2 aromatic rings. The van der Waals surface area contributed by atoms with Crippen LogP contribution in [0.3, 0.4) is 0 Å². The fourth-order valence-electron chi connectivity index (χ4n) is 1.18. The minimum atomic E-state index is -3.29. The zero-order chi connectivity index (χ0) is 11.6. The highest BCUT2D eigenvalue weighted by Gasteiger charge is 2.05. The van der Waals surface area contributed by atoms with Crippen LogP contribution >= 0.6 is 11.3 Å². The SMILES string of the molecule is CS(=O)(=O)Nc1cc(-c2nccs2)ccn1. The quantitative estimate of drug-likeness (QED) is 0.903. The number of anilines is 1. The summed E-state index contributed by atoms with van der Waals surface area (Å²) in [4.78, 5) is 8.06. The van der Waals surface area contributed by atoms with Gasteiger partial charge in [0.2, 0.25) is 10.0 Å². The monoisotopic (exact) mass is 255 g/mol. The zero-order valence-corrected chi connectivity index (χ0v) is 10.0. The van der Waals surface area contributed by atoms with Crippen LogP contribution in [0.2, 0.25) is 0 Å². The van der Waals surface area contributed by atoms with Crippen molar-refractivity contribution in [3.05, 3.63) is 29.9 Å². The molecule has 0 amide bonds. The highest BCUT2D eigenvalue weighted by Crippen LogP contribution is 2.23. The van der Waals surface area contributed by atoms with Crippen LogP contribution in [0, 0.1) is 0 Å². The lowest BCUT2D eigenvalue weighted by Gasteiger charge is -2.03. The van der Waals surface area contributed by atoms with E-state index in [1.54, 1.807) is 24.5 Å². The smallest absolute Gasteiger partial charge is 0.230 e. The highest BCUT2D eigenvalue weighted by atomic mass is 32.2. The van der Waals surface area contributed by atoms with Crippen molar-refractivity contribution in [2.24, 2.45) is 0 Å². The van der Waals surface area contributed by atoms with Crippen molar-refractivity contribution < 1.29 is 8.42 Å². The molecule has 0 atom stereocenters. The molecule has 5 nitrogen and oxygen atoms in total. The third-order valence-electron chi connectivity index (χ3n) is 1.73. The van der Waals surface area contributed by atoms with Gasteiger partial charge in [-0.3, -0.25) is 4.72 Å². The van der Waals surface area contributed by atoms with E-state index >= 15 is 0 Å². The van der Waals surface area contributed by atoms with Gasteiger partial charge in [-0.25, -0.2) is 18.4 Å². The number of hydrogen-bond donors (Lipinski definition) is 1. The van der Waals surface area contributed by atoms with Gasteiger partial charge < -0.3 is 0 Å². The summed E-state index contributed by atoms with van der Waals surface area (Å²) in [6.45, 7) is 0. The Bertz CT molecular complexity index is 579. The van der Waals surface area contributed by atoms with Gasteiger partial charge in [0.25, 0.3) is 0 Å². The molecule has 0 radical (unpaired) electrons. The summed E-state index contributed by atoms with van der Waals surface area (Å²) in [5, 5.41) is 2.69. The molecule has 0 aliphatic heterocycles. The van der Waals surface area contributed by atoms with E-state index in [1.165, 1.54) is 11.3 Å². The Kier molecular flexibility index (Phi) is 2.88. The average Bonchev–Trinajstić information content (AvgIpc) is 2.68. The Morgan fingerprint density at radius 3 is 2.75 bits per heavy atom. The molecule has 2 aromatic heterocycles. The lowest BCUT2D eigenvalue weighted by molar-refractivity contribution is 0.606. The van der Waals surface area contributed by atoms with E-state index in [9.17, 15) is 8.42 Å². The molecule has 7 heteroatoms. The number of nitrogens with zero attached hydrogens (tertiary/aromatic N) is 2. The Hall–Kier alpha value is -1.47. The summed E-state index contributed by atoms with van der Waals surface area (Å²) >= 11 is 1.49. The fourth-order valence-corrected chi connectivity index (χ4v) is 2.30. The summed E-state index contributed by atoms with van der Waals surface area (Å²) in [5.41, 5.74) is 0.844. The van der Waals surface area contributed by atoms with E-state index in [0.29, 0.717) is 5.82 Å². The first-order chi connectivity index (χ1) is 7.54. The summed E-state index contributed by atoms with van der Waals surface area (Å²) in [6.07, 6.45) is 4.33. The van der Waals surface area contributed by atoms with E-state index in [4.69, 9.17) is 0 Å². The molecule has 0 saturated carbocycles. The Morgan fingerprint density at radius 1 is 1.31 bits per heavy atom. The summed E-state index contributed by atoms with van der Waals surface area (Å²) < 4.78 is 24.4. The molecule has 84 valence electrons. The van der Waals surface area contributed by atoms with E-state index in [2.05, 4.69) is 14.7 Å². The number of thiazole rings is 1. The molecule has 0 spiro atoms. The molecule has 2 rings (SSSR count). The zero-order valence-electron chi connectivity index (χ0n) is 8.41. The Balaban J connectivity index is 2.34. The molecular weight excluding hydrogens is 246 g/mol. The Labute approximate surface area is 97.2 Å². The highest BCUT2D eigenvalue weighted by molar-refractivity contribution is 7.92. The van der Waals surface area contributed by atoms with Gasteiger partial charge in [-0.05, 0) is 12.1 Å². The average molecular weight is 255 g/mol. The molecule has 2 heterocycles. The van der Waals surface area contributed by atoms with Crippen molar-refractivity contribution in [2.75, 3.05) is 11.0 Å². The van der Waals surface area contributed by atoms with Gasteiger partial charge in [0, 0.05) is 23.3 Å². The lowest BCUT2D eigenvalue weighted by atomic mass is 10.3. The number of hydrogen-bond acceptors (Lipinski definition) is 5. The van der Waals surface area contributed by atoms with Crippen molar-refractivity contribution in [2.45, 2.75) is 0 Å². The number of sulfonamides is 1. The molecule has 0 aliphatic carbocycles. The molecule has 0 bridgehead atoms. The van der Waals surface area contributed by atoms with Crippen LogP contribution < -0.4 is 4.72 Å². The van der Waals surface area contributed by atoms with Crippen LogP contribution in [0.1, 0.15) is 0 Å². The second kappa shape index (κ2) is 4.18. The van der Waals surface area contributed by atoms with Crippen LogP contribution in [-0.4, -0.2) is 24.6 Å². The lowest BCUT2D eigenvalue weighted by Crippen LogP contribution is -2.10. The summed E-state index contributed by atoms with van der Waals surface area (Å²) in [5.74, 6) is 0.301. The van der Waals surface area contributed by atoms with Crippen LogP contribution in [0.15, 0.2) is 29.9 Å². The summed E-state index contributed by atoms with van der Waals surface area (Å²) in [7, 11) is -3.29. The van der Waals surface area contributed by atoms with Gasteiger partial charge in [-0.2, -0.15) is 0 Å². The van der Waals surface area contributed by atoms with Crippen LogP contribution in [0.5, 0.6) is 0 Å². The molecule has 0 aliphatic rings. The minimum absolute atomic E-state index is 0.301. The van der Waals surface area contributed by atoms with Gasteiger partial charge in [-0.15, -0.1) is 11.3 Å². The van der Waals surface area contributed by atoms with Gasteiger partial charge >= 0.3 is 0 Å². The van der Waals surface area contributed by atoms with Crippen LogP contribution in [-0.2, 0) is 10.0 Å². The summed E-state index contributed by atoms with van der Waals surface area (Å²) in [6, 6.07) is 3.44. The number of rotatable bonds is 3. The first kappa shape index (κ1) is 11.0. The third kappa shape index (κ3) is 2.77. The second-order valence-corrected chi connectivity index (χ2v) is 5.78. The topological polar surface area (TPSA) is 72.0 Å². The number of pyridine rings is 1. The minimum Gasteiger partial charge on any atom is -0.268 e. The van der Waals surface area contributed by atoms with Gasteiger partial charge in [0.1, 0.15) is 10.8 Å². The van der Waals surface area contributed by atoms with Crippen molar-refractivity contribution >= 4 is 27.2 Å². The largest absolute Gasteiger partial charge is 0.268 e. The first-order valence-electron chi connectivity index (χ1n) is 4.38. The Morgan fingerprint density at radius 2 is 2.12 bits per heavy atom. The predicted octanol–water partition coefficient (Wildman–Crippen LogP) is 1.58.